The van der Waals surface area contributed by atoms with Crippen molar-refractivity contribution in [1.29, 1.82) is 0 Å². The first-order valence-corrected chi connectivity index (χ1v) is 2.65. The molecule has 0 saturated heterocycles. The molecule has 5 heteroatoms. The van der Waals surface area contributed by atoms with Crippen LogP contribution in [0.15, 0.2) is 0 Å². The normalized spacial score (nSPS) is 6.00. The zero-order valence-electron chi connectivity index (χ0n) is 3.72. The van der Waals surface area contributed by atoms with Crippen LogP contribution < -0.4 is 0 Å². The van der Waals surface area contributed by atoms with Crippen LogP contribution in [0.3, 0.4) is 0 Å². The van der Waals surface area contributed by atoms with E-state index in [1.165, 1.54) is 14.2 Å². The van der Waals surface area contributed by atoms with Gasteiger partial charge in [0, 0.05) is 0 Å². The van der Waals surface area contributed by atoms with E-state index in [9.17, 15) is 4.46 Å². The van der Waals surface area contributed by atoms with Crippen molar-refractivity contribution >= 4 is 38.7 Å². The van der Waals surface area contributed by atoms with Gasteiger partial charge in [-0.2, -0.15) is 0 Å². The summed E-state index contributed by atoms with van der Waals surface area (Å²) in [6.07, 6.45) is 0. The molecule has 0 heterocycles. The van der Waals surface area contributed by atoms with Gasteiger partial charge in [0.15, 0.2) is 0 Å². The first-order chi connectivity index (χ1) is 2.81. The number of hydrogen-bond acceptors (Lipinski definition) is 3. The molecule has 0 N–H and O–H groups in total. The van der Waals surface area contributed by atoms with Crippen molar-refractivity contribution in [1.82, 2.24) is 0 Å². The van der Waals surface area contributed by atoms with Gasteiger partial charge >= 0.3 is 38.7 Å². The minimum atomic E-state index is -2.12. The first-order valence-electron chi connectivity index (χ1n) is 1.43. The molecule has 0 aliphatic rings. The predicted molar refractivity (Wildman–Crippen MR) is 27.6 cm³/mol. The monoisotopic (exact) mass is 130 g/mol. The average molecular weight is 130 g/mol. The summed E-state index contributed by atoms with van der Waals surface area (Å²) in [6, 6.07) is 0. The molecule has 3 nitrogen and oxygen atoms in total. The van der Waals surface area contributed by atoms with Gasteiger partial charge in [0.1, 0.15) is 0 Å². The molecule has 38 valence electrons. The van der Waals surface area contributed by atoms with Crippen LogP contribution >= 0.6 is 0 Å². The Labute approximate surface area is 66.2 Å². The molecule has 0 aromatic carbocycles. The van der Waals surface area contributed by atoms with E-state index < -0.39 is 9.17 Å². The van der Waals surface area contributed by atoms with E-state index in [0.717, 1.165) is 0 Å². The Morgan fingerprint density at radius 1 is 1.29 bits per heavy atom. The molecular formula is C2H7NaO3Si. The summed E-state index contributed by atoms with van der Waals surface area (Å²) in [5.41, 5.74) is 0. The quantitative estimate of drug-likeness (QED) is 0.452. The van der Waals surface area contributed by atoms with Gasteiger partial charge in [0.2, 0.25) is 0 Å². The maximum atomic E-state index is 9.92. The molecule has 0 rings (SSSR count). The van der Waals surface area contributed by atoms with Gasteiger partial charge < -0.3 is 8.85 Å². The van der Waals surface area contributed by atoms with Crippen LogP contribution in [-0.4, -0.2) is 52.9 Å². The third-order valence-corrected chi connectivity index (χ3v) is 1.00. The van der Waals surface area contributed by atoms with Crippen LogP contribution in [0.5, 0.6) is 0 Å². The molecule has 0 bridgehead atoms. The number of rotatable bonds is 2. The molecule has 0 saturated carbocycles. The Balaban J connectivity index is 0. The van der Waals surface area contributed by atoms with E-state index in [0.29, 0.717) is 0 Å². The Morgan fingerprint density at radius 2 is 1.57 bits per heavy atom. The van der Waals surface area contributed by atoms with E-state index >= 15 is 0 Å². The van der Waals surface area contributed by atoms with Gasteiger partial charge in [-0.05, 0) is 0 Å². The van der Waals surface area contributed by atoms with E-state index in [1.807, 2.05) is 0 Å². The van der Waals surface area contributed by atoms with Crippen molar-refractivity contribution in [3.63, 3.8) is 0 Å². The van der Waals surface area contributed by atoms with Crippen molar-refractivity contribution in [3.05, 3.63) is 0 Å². The molecule has 0 fully saturated rings. The summed E-state index contributed by atoms with van der Waals surface area (Å²) in [4.78, 5) is 0. The fourth-order valence-corrected chi connectivity index (χ4v) is 0.250. The fourth-order valence-electron chi connectivity index (χ4n) is 0.0833. The molecule has 0 radical (unpaired) electrons. The molecule has 0 unspecified atom stereocenters. The molecule has 0 aromatic rings. The second kappa shape index (κ2) is 6.62. The Hall–Kier alpha value is 0.617. The second-order valence-electron chi connectivity index (χ2n) is 0.658. The van der Waals surface area contributed by atoms with Crippen molar-refractivity contribution in [2.45, 2.75) is 0 Å². The third kappa shape index (κ3) is 6.62. The summed E-state index contributed by atoms with van der Waals surface area (Å²) < 4.78 is 18.4. The zero-order chi connectivity index (χ0) is 4.99. The second-order valence-corrected chi connectivity index (χ2v) is 1.97. The van der Waals surface area contributed by atoms with Crippen molar-refractivity contribution in [2.24, 2.45) is 0 Å². The number of hydrogen-bond donors (Lipinski definition) is 0. The summed E-state index contributed by atoms with van der Waals surface area (Å²) in [7, 11) is 0.558. The van der Waals surface area contributed by atoms with Crippen LogP contribution in [0.2, 0.25) is 0 Å². The van der Waals surface area contributed by atoms with Crippen LogP contribution in [-0.2, 0) is 13.3 Å². The van der Waals surface area contributed by atoms with Crippen LogP contribution in [0.25, 0.3) is 0 Å². The molecular weight excluding hydrogens is 123 g/mol. The van der Waals surface area contributed by atoms with E-state index in [1.54, 1.807) is 0 Å². The van der Waals surface area contributed by atoms with E-state index in [-0.39, 0.29) is 29.6 Å². The van der Waals surface area contributed by atoms with Crippen LogP contribution in [0.4, 0.5) is 0 Å². The molecule has 0 aliphatic carbocycles. The summed E-state index contributed by atoms with van der Waals surface area (Å²) in [5.74, 6) is 0. The Morgan fingerprint density at radius 3 is 1.57 bits per heavy atom. The van der Waals surface area contributed by atoms with E-state index in [4.69, 9.17) is 0 Å². The third-order valence-electron chi connectivity index (χ3n) is 0.333. The van der Waals surface area contributed by atoms with Crippen LogP contribution in [0, 0.1) is 0 Å². The SMILES string of the molecule is CO[Si](=O)OC.[NaH]. The first kappa shape index (κ1) is 10.6. The maximum absolute atomic E-state index is 9.92. The van der Waals surface area contributed by atoms with Gasteiger partial charge in [-0.25, -0.2) is 0 Å². The predicted octanol–water partition coefficient (Wildman–Crippen LogP) is -0.954. The van der Waals surface area contributed by atoms with Crippen molar-refractivity contribution < 1.29 is 13.3 Å². The molecule has 7 heavy (non-hydrogen) atoms. The average Bonchev–Trinajstić information content (AvgIpc) is 1.65. The summed E-state index contributed by atoms with van der Waals surface area (Å²) in [6.45, 7) is 0. The van der Waals surface area contributed by atoms with Crippen LogP contribution in [0.1, 0.15) is 0 Å². The Bertz CT molecular complexity index is 50.9. The summed E-state index contributed by atoms with van der Waals surface area (Å²) in [5, 5.41) is 0. The molecule has 0 spiro atoms. The summed E-state index contributed by atoms with van der Waals surface area (Å²) >= 11 is 0. The Kier molecular flexibility index (Phi) is 9.99. The molecule has 0 atom stereocenters. The van der Waals surface area contributed by atoms with Crippen molar-refractivity contribution in [3.8, 4) is 0 Å². The van der Waals surface area contributed by atoms with E-state index in [2.05, 4.69) is 8.85 Å². The van der Waals surface area contributed by atoms with Crippen molar-refractivity contribution in [2.75, 3.05) is 14.2 Å². The molecule has 0 aromatic heterocycles. The fraction of sp³-hybridized carbons (Fsp3) is 1.00. The van der Waals surface area contributed by atoms with Gasteiger partial charge in [0.05, 0.1) is 14.2 Å². The minimum absolute atomic E-state index is 0. The standard InChI is InChI=1S/C2H6O3Si.Na.H/c1-4-6(3)5-2;;/h1-2H3;;. The van der Waals surface area contributed by atoms with Gasteiger partial charge in [0.25, 0.3) is 0 Å². The molecule has 0 aliphatic heterocycles. The van der Waals surface area contributed by atoms with Gasteiger partial charge in [-0.15, -0.1) is 0 Å². The zero-order valence-corrected chi connectivity index (χ0v) is 4.72. The topological polar surface area (TPSA) is 35.5 Å². The van der Waals surface area contributed by atoms with Gasteiger partial charge in [-0.3, -0.25) is 4.46 Å². The molecule has 0 amide bonds. The van der Waals surface area contributed by atoms with Gasteiger partial charge in [-0.1, -0.05) is 0 Å².